The molecule has 1 heterocycles. The van der Waals surface area contributed by atoms with Gasteiger partial charge in [0.15, 0.2) is 0 Å². The Kier molecular flexibility index (Phi) is 3.60. The normalized spacial score (nSPS) is 10.0. The Balaban J connectivity index is 2.34. The van der Waals surface area contributed by atoms with Crippen molar-refractivity contribution in [2.24, 2.45) is 0 Å². The van der Waals surface area contributed by atoms with Crippen molar-refractivity contribution < 1.29 is 4.74 Å². The molecular weight excluding hydrogens is 212 g/mol. The van der Waals surface area contributed by atoms with Gasteiger partial charge < -0.3 is 10.1 Å². The molecular formula is C14H16N2O. The molecule has 0 radical (unpaired) electrons. The lowest BCUT2D eigenvalue weighted by Gasteiger charge is -2.07. The molecule has 0 aliphatic heterocycles. The molecule has 0 amide bonds. The average molecular weight is 228 g/mol. The minimum atomic E-state index is 0.674. The van der Waals surface area contributed by atoms with Crippen LogP contribution in [0, 0.1) is 0 Å². The zero-order valence-electron chi connectivity index (χ0n) is 10.1. The van der Waals surface area contributed by atoms with Crippen molar-refractivity contribution in [1.29, 1.82) is 0 Å². The molecule has 17 heavy (non-hydrogen) atoms. The van der Waals surface area contributed by atoms with E-state index >= 15 is 0 Å². The summed E-state index contributed by atoms with van der Waals surface area (Å²) in [6.07, 6.45) is 0. The third-order valence-corrected chi connectivity index (χ3v) is 2.45. The Labute approximate surface area is 101 Å². The first-order valence-electron chi connectivity index (χ1n) is 5.71. The molecule has 0 unspecified atom stereocenters. The highest BCUT2D eigenvalue weighted by Gasteiger charge is 2.01. The van der Waals surface area contributed by atoms with Gasteiger partial charge >= 0.3 is 0 Å². The predicted octanol–water partition coefficient (Wildman–Crippen LogP) is 3.19. The van der Waals surface area contributed by atoms with E-state index in [4.69, 9.17) is 4.74 Å². The fourth-order valence-corrected chi connectivity index (χ4v) is 1.65. The van der Waals surface area contributed by atoms with Gasteiger partial charge in [-0.05, 0) is 31.2 Å². The van der Waals surface area contributed by atoms with E-state index < -0.39 is 0 Å². The lowest BCUT2D eigenvalue weighted by molar-refractivity contribution is 0.340. The lowest BCUT2D eigenvalue weighted by atomic mass is 10.1. The Morgan fingerprint density at radius 3 is 2.76 bits per heavy atom. The molecule has 2 rings (SSSR count). The fourth-order valence-electron chi connectivity index (χ4n) is 1.65. The van der Waals surface area contributed by atoms with Crippen molar-refractivity contribution >= 4 is 5.82 Å². The highest BCUT2D eigenvalue weighted by molar-refractivity contribution is 5.62. The van der Waals surface area contributed by atoms with Gasteiger partial charge in [-0.3, -0.25) is 0 Å². The third kappa shape index (κ3) is 2.75. The van der Waals surface area contributed by atoms with E-state index in [-0.39, 0.29) is 0 Å². The van der Waals surface area contributed by atoms with Gasteiger partial charge in [-0.2, -0.15) is 0 Å². The summed E-state index contributed by atoms with van der Waals surface area (Å²) < 4.78 is 5.48. The van der Waals surface area contributed by atoms with Crippen LogP contribution in [0.15, 0.2) is 42.5 Å². The summed E-state index contributed by atoms with van der Waals surface area (Å²) in [5.41, 5.74) is 2.01. The average Bonchev–Trinajstić information content (AvgIpc) is 2.40. The van der Waals surface area contributed by atoms with E-state index in [0.717, 1.165) is 22.8 Å². The van der Waals surface area contributed by atoms with Gasteiger partial charge in [0.25, 0.3) is 0 Å². The van der Waals surface area contributed by atoms with Crippen LogP contribution in [0.25, 0.3) is 11.3 Å². The summed E-state index contributed by atoms with van der Waals surface area (Å²) >= 11 is 0. The number of hydrogen-bond donors (Lipinski definition) is 1. The van der Waals surface area contributed by atoms with Gasteiger partial charge in [-0.1, -0.05) is 18.2 Å². The number of hydrogen-bond acceptors (Lipinski definition) is 3. The van der Waals surface area contributed by atoms with Crippen molar-refractivity contribution in [2.45, 2.75) is 6.92 Å². The summed E-state index contributed by atoms with van der Waals surface area (Å²) in [5, 5.41) is 3.03. The quantitative estimate of drug-likeness (QED) is 0.872. The van der Waals surface area contributed by atoms with E-state index in [0.29, 0.717) is 6.61 Å². The maximum atomic E-state index is 5.48. The van der Waals surface area contributed by atoms with Crippen LogP contribution >= 0.6 is 0 Å². The van der Waals surface area contributed by atoms with E-state index in [1.165, 1.54) is 0 Å². The molecule has 0 spiro atoms. The number of pyridine rings is 1. The molecule has 1 aromatic heterocycles. The number of nitrogens with one attached hydrogen (secondary N) is 1. The number of ether oxygens (including phenoxy) is 1. The van der Waals surface area contributed by atoms with Crippen molar-refractivity contribution in [3.05, 3.63) is 42.5 Å². The second-order valence-corrected chi connectivity index (χ2v) is 3.62. The zero-order chi connectivity index (χ0) is 12.1. The molecule has 0 atom stereocenters. The molecule has 2 aromatic rings. The molecule has 1 N–H and O–H groups in total. The van der Waals surface area contributed by atoms with Crippen LogP contribution < -0.4 is 10.1 Å². The van der Waals surface area contributed by atoms with Gasteiger partial charge in [-0.25, -0.2) is 4.98 Å². The van der Waals surface area contributed by atoms with E-state index in [1.807, 2.05) is 56.4 Å². The second kappa shape index (κ2) is 5.34. The topological polar surface area (TPSA) is 34.1 Å². The molecule has 0 aliphatic carbocycles. The largest absolute Gasteiger partial charge is 0.494 e. The molecule has 0 aliphatic rings. The number of rotatable bonds is 4. The SMILES string of the molecule is CCOc1cccc(-c2cccc(NC)n2)c1. The first-order chi connectivity index (χ1) is 8.33. The standard InChI is InChI=1S/C14H16N2O/c1-3-17-12-7-4-6-11(10-12)13-8-5-9-14(15-2)16-13/h4-10H,3H2,1-2H3,(H,15,16). The number of aromatic nitrogens is 1. The van der Waals surface area contributed by atoms with Crippen molar-refractivity contribution in [3.8, 4) is 17.0 Å². The van der Waals surface area contributed by atoms with Crippen molar-refractivity contribution in [3.63, 3.8) is 0 Å². The van der Waals surface area contributed by atoms with Crippen LogP contribution in [0.4, 0.5) is 5.82 Å². The number of nitrogens with zero attached hydrogens (tertiary/aromatic N) is 1. The van der Waals surface area contributed by atoms with Gasteiger partial charge in [-0.15, -0.1) is 0 Å². The summed E-state index contributed by atoms with van der Waals surface area (Å²) in [7, 11) is 1.86. The van der Waals surface area contributed by atoms with Crippen LogP contribution in [0.5, 0.6) is 5.75 Å². The predicted molar refractivity (Wildman–Crippen MR) is 70.4 cm³/mol. The van der Waals surface area contributed by atoms with E-state index in [1.54, 1.807) is 0 Å². The summed E-state index contributed by atoms with van der Waals surface area (Å²) in [6.45, 7) is 2.65. The van der Waals surface area contributed by atoms with E-state index in [9.17, 15) is 0 Å². The Bertz CT molecular complexity index is 497. The Morgan fingerprint density at radius 2 is 2.00 bits per heavy atom. The molecule has 0 saturated carbocycles. The zero-order valence-corrected chi connectivity index (χ0v) is 10.1. The maximum absolute atomic E-state index is 5.48. The molecule has 0 saturated heterocycles. The van der Waals surface area contributed by atoms with Gasteiger partial charge in [0, 0.05) is 12.6 Å². The highest BCUT2D eigenvalue weighted by atomic mass is 16.5. The monoisotopic (exact) mass is 228 g/mol. The second-order valence-electron chi connectivity index (χ2n) is 3.62. The first kappa shape index (κ1) is 11.5. The molecule has 3 heteroatoms. The first-order valence-corrected chi connectivity index (χ1v) is 5.71. The summed E-state index contributed by atoms with van der Waals surface area (Å²) in [4.78, 5) is 4.50. The van der Waals surface area contributed by atoms with Crippen LogP contribution in [-0.2, 0) is 0 Å². The minimum Gasteiger partial charge on any atom is -0.494 e. The van der Waals surface area contributed by atoms with Crippen LogP contribution in [0.3, 0.4) is 0 Å². The molecule has 0 bridgehead atoms. The van der Waals surface area contributed by atoms with Crippen LogP contribution in [-0.4, -0.2) is 18.6 Å². The minimum absolute atomic E-state index is 0.674. The van der Waals surface area contributed by atoms with Gasteiger partial charge in [0.05, 0.1) is 12.3 Å². The Morgan fingerprint density at radius 1 is 1.18 bits per heavy atom. The molecule has 1 aromatic carbocycles. The number of benzene rings is 1. The molecule has 88 valence electrons. The molecule has 0 fully saturated rings. The highest BCUT2D eigenvalue weighted by Crippen LogP contribution is 2.23. The number of anilines is 1. The van der Waals surface area contributed by atoms with Crippen LogP contribution in [0.1, 0.15) is 6.92 Å². The molecule has 3 nitrogen and oxygen atoms in total. The maximum Gasteiger partial charge on any atom is 0.126 e. The fraction of sp³-hybridized carbons (Fsp3) is 0.214. The lowest BCUT2D eigenvalue weighted by Crippen LogP contribution is -1.94. The summed E-state index contributed by atoms with van der Waals surface area (Å²) in [5.74, 6) is 1.74. The Hall–Kier alpha value is -2.03. The van der Waals surface area contributed by atoms with Gasteiger partial charge in [0.1, 0.15) is 11.6 Å². The van der Waals surface area contributed by atoms with Crippen molar-refractivity contribution in [1.82, 2.24) is 4.98 Å². The third-order valence-electron chi connectivity index (χ3n) is 2.45. The summed E-state index contributed by atoms with van der Waals surface area (Å²) in [6, 6.07) is 13.9. The van der Waals surface area contributed by atoms with Crippen LogP contribution in [0.2, 0.25) is 0 Å². The van der Waals surface area contributed by atoms with E-state index in [2.05, 4.69) is 10.3 Å². The van der Waals surface area contributed by atoms with Crippen molar-refractivity contribution in [2.75, 3.05) is 19.0 Å². The van der Waals surface area contributed by atoms with Gasteiger partial charge in [0.2, 0.25) is 0 Å². The smallest absolute Gasteiger partial charge is 0.126 e.